The van der Waals surface area contributed by atoms with Gasteiger partial charge in [0.15, 0.2) is 11.6 Å². The Hall–Kier alpha value is -2.87. The fourth-order valence-corrected chi connectivity index (χ4v) is 7.40. The van der Waals surface area contributed by atoms with Crippen LogP contribution < -0.4 is 11.1 Å². The third-order valence-corrected chi connectivity index (χ3v) is 10.4. The van der Waals surface area contributed by atoms with E-state index in [9.17, 15) is 19.2 Å². The normalized spacial score (nSPS) is 17.3. The fourth-order valence-electron chi connectivity index (χ4n) is 6.44. The maximum atomic E-state index is 13.3. The molecule has 0 spiro atoms. The number of benzene rings is 1. The van der Waals surface area contributed by atoms with Crippen LogP contribution in [0, 0.1) is 11.8 Å². The molecule has 1 aromatic carbocycles. The number of rotatable bonds is 22. The van der Waals surface area contributed by atoms with Crippen molar-refractivity contribution in [3.05, 3.63) is 41.0 Å². The van der Waals surface area contributed by atoms with Crippen molar-refractivity contribution in [3.8, 4) is 10.4 Å². The molecule has 3 N–H and O–H groups in total. The lowest BCUT2D eigenvalue weighted by Crippen LogP contribution is -2.42. The molecule has 1 aromatic heterocycles. The number of primary amides is 1. The zero-order valence-corrected chi connectivity index (χ0v) is 29.1. The molecule has 8 heteroatoms. The van der Waals surface area contributed by atoms with E-state index >= 15 is 0 Å². The van der Waals surface area contributed by atoms with E-state index in [1.165, 1.54) is 43.4 Å². The Labute approximate surface area is 280 Å². The number of Topliss-reactive ketones (excluding diaryl/α,β-unsaturated/α-hetero) is 2. The first-order valence-electron chi connectivity index (χ1n) is 18.0. The van der Waals surface area contributed by atoms with E-state index in [0.29, 0.717) is 31.2 Å². The summed E-state index contributed by atoms with van der Waals surface area (Å²) in [5.41, 5.74) is 7.18. The van der Waals surface area contributed by atoms with Gasteiger partial charge in [-0.2, -0.15) is 0 Å². The van der Waals surface area contributed by atoms with Gasteiger partial charge in [-0.3, -0.25) is 19.2 Å². The molecule has 1 saturated carbocycles. The van der Waals surface area contributed by atoms with Crippen LogP contribution in [0.15, 0.2) is 30.5 Å². The topological polar surface area (TPSA) is 119 Å². The fraction of sp³-hybridized carbons (Fsp3) is 0.658. The van der Waals surface area contributed by atoms with Crippen LogP contribution in [0.2, 0.25) is 0 Å². The second-order valence-electron chi connectivity index (χ2n) is 13.2. The summed E-state index contributed by atoms with van der Waals surface area (Å²) in [6.45, 7) is 4.39. The van der Waals surface area contributed by atoms with E-state index in [2.05, 4.69) is 24.1 Å². The molecule has 3 rings (SSSR count). The number of ketones is 2. The molecule has 2 aromatic rings. The maximum Gasteiger partial charge on any atom is 0.220 e. The molecule has 7 nitrogen and oxygen atoms in total. The minimum absolute atomic E-state index is 0.0502. The largest absolute Gasteiger partial charge is 0.369 e. The number of carbonyl (C=O) groups excluding carboxylic acids is 4. The van der Waals surface area contributed by atoms with Crippen LogP contribution in [0.5, 0.6) is 0 Å². The number of unbranched alkanes of at least 4 members (excludes halogenated alkanes) is 10. The SMILES string of the molecule is CCCCCCCCCC(=O)NC(Cc1ncc(-c2ccc(C(=O)C3CCCC[C@H](C(N)=O)C3)cc2)s1)C(=O)CCCCCCC. The Kier molecular flexibility index (Phi) is 17.2. The summed E-state index contributed by atoms with van der Waals surface area (Å²) in [7, 11) is 0. The van der Waals surface area contributed by atoms with Crippen molar-refractivity contribution in [2.75, 3.05) is 0 Å². The molecule has 1 heterocycles. The lowest BCUT2D eigenvalue weighted by atomic mass is 9.86. The van der Waals surface area contributed by atoms with Crippen LogP contribution in [-0.2, 0) is 20.8 Å². The van der Waals surface area contributed by atoms with Crippen LogP contribution in [0.1, 0.15) is 151 Å². The van der Waals surface area contributed by atoms with Gasteiger partial charge in [-0.05, 0) is 37.7 Å². The number of thiazole rings is 1. The average Bonchev–Trinajstić information content (AvgIpc) is 3.37. The third-order valence-electron chi connectivity index (χ3n) is 9.34. The van der Waals surface area contributed by atoms with Crippen molar-refractivity contribution in [1.82, 2.24) is 10.3 Å². The summed E-state index contributed by atoms with van der Waals surface area (Å²) in [6, 6.07) is 7.03. The Balaban J connectivity index is 1.60. The maximum absolute atomic E-state index is 13.3. The van der Waals surface area contributed by atoms with Gasteiger partial charge >= 0.3 is 0 Å². The summed E-state index contributed by atoms with van der Waals surface area (Å²) in [4.78, 5) is 56.8. The van der Waals surface area contributed by atoms with Crippen molar-refractivity contribution in [1.29, 1.82) is 0 Å². The number of nitrogens with two attached hydrogens (primary N) is 1. The molecule has 0 bridgehead atoms. The van der Waals surface area contributed by atoms with Crippen molar-refractivity contribution in [3.63, 3.8) is 0 Å². The summed E-state index contributed by atoms with van der Waals surface area (Å²) in [5.74, 6) is -0.601. The van der Waals surface area contributed by atoms with Crippen LogP contribution in [0.4, 0.5) is 0 Å². The lowest BCUT2D eigenvalue weighted by molar-refractivity contribution is -0.128. The molecular weight excluding hydrogens is 595 g/mol. The zero-order valence-electron chi connectivity index (χ0n) is 28.3. The van der Waals surface area contributed by atoms with Gasteiger partial charge in [0.2, 0.25) is 11.8 Å². The molecule has 0 aliphatic heterocycles. The number of hydrogen-bond acceptors (Lipinski definition) is 6. The van der Waals surface area contributed by atoms with Crippen molar-refractivity contribution in [2.24, 2.45) is 17.6 Å². The molecule has 0 saturated heterocycles. The molecular formula is C38H57N3O4S. The van der Waals surface area contributed by atoms with Gasteiger partial charge in [-0.1, -0.05) is 115 Å². The first-order chi connectivity index (χ1) is 22.3. The molecule has 1 aliphatic rings. The highest BCUT2D eigenvalue weighted by molar-refractivity contribution is 7.15. The van der Waals surface area contributed by atoms with Gasteiger partial charge in [0.1, 0.15) is 0 Å². The minimum atomic E-state index is -0.564. The first-order valence-corrected chi connectivity index (χ1v) is 18.8. The number of amides is 2. The number of nitrogens with one attached hydrogen (secondary N) is 1. The number of hydrogen-bond donors (Lipinski definition) is 2. The molecule has 2 amide bonds. The average molecular weight is 652 g/mol. The molecule has 3 atom stereocenters. The van der Waals surface area contributed by atoms with E-state index in [0.717, 1.165) is 86.1 Å². The van der Waals surface area contributed by atoms with E-state index in [4.69, 9.17) is 5.73 Å². The monoisotopic (exact) mass is 651 g/mol. The van der Waals surface area contributed by atoms with E-state index < -0.39 is 6.04 Å². The molecule has 1 fully saturated rings. The van der Waals surface area contributed by atoms with Crippen LogP contribution in [0.25, 0.3) is 10.4 Å². The Morgan fingerprint density at radius 3 is 2.04 bits per heavy atom. The Morgan fingerprint density at radius 2 is 1.41 bits per heavy atom. The predicted octanol–water partition coefficient (Wildman–Crippen LogP) is 8.77. The lowest BCUT2D eigenvalue weighted by Gasteiger charge is -2.17. The standard InChI is InChI=1S/C38H57N3O4S/c1-3-5-7-9-10-12-14-20-35(43)41-32(33(42)19-13-11-8-6-4-2)26-36-40-27-34(46-36)28-21-23-29(24-22-28)37(44)30-17-15-16-18-31(25-30)38(39)45/h21-24,27,30-32H,3-20,25-26H2,1-2H3,(H2,39,45)(H,41,43)/t30?,31-,32?/m0/s1. The van der Waals surface area contributed by atoms with Crippen molar-refractivity contribution < 1.29 is 19.2 Å². The molecule has 0 radical (unpaired) electrons. The second kappa shape index (κ2) is 21.1. The number of aromatic nitrogens is 1. The quantitative estimate of drug-likeness (QED) is 0.0749. The van der Waals surface area contributed by atoms with E-state index in [-0.39, 0.29) is 35.2 Å². The second-order valence-corrected chi connectivity index (χ2v) is 14.3. The van der Waals surface area contributed by atoms with Gasteiger partial charge < -0.3 is 11.1 Å². The van der Waals surface area contributed by atoms with E-state index in [1.807, 2.05) is 30.5 Å². The minimum Gasteiger partial charge on any atom is -0.369 e. The highest BCUT2D eigenvalue weighted by Gasteiger charge is 2.29. The molecule has 254 valence electrons. The summed E-state index contributed by atoms with van der Waals surface area (Å²) < 4.78 is 0. The Bertz CT molecular complexity index is 1220. The summed E-state index contributed by atoms with van der Waals surface area (Å²) >= 11 is 1.52. The highest BCUT2D eigenvalue weighted by atomic mass is 32.1. The third kappa shape index (κ3) is 13.1. The van der Waals surface area contributed by atoms with Gasteiger partial charge in [-0.25, -0.2) is 4.98 Å². The van der Waals surface area contributed by atoms with Crippen LogP contribution >= 0.6 is 11.3 Å². The van der Waals surface area contributed by atoms with Crippen molar-refractivity contribution >= 4 is 34.7 Å². The number of nitrogens with zero attached hydrogens (tertiary/aromatic N) is 1. The highest BCUT2D eigenvalue weighted by Crippen LogP contribution is 2.32. The summed E-state index contributed by atoms with van der Waals surface area (Å²) in [5, 5.41) is 3.87. The predicted molar refractivity (Wildman–Crippen MR) is 188 cm³/mol. The smallest absolute Gasteiger partial charge is 0.220 e. The Morgan fingerprint density at radius 1 is 0.826 bits per heavy atom. The van der Waals surface area contributed by atoms with Crippen LogP contribution in [-0.4, -0.2) is 34.4 Å². The number of carbonyl (C=O) groups is 4. The summed E-state index contributed by atoms with van der Waals surface area (Å²) in [6.07, 6.45) is 20.5. The van der Waals surface area contributed by atoms with E-state index in [1.54, 1.807) is 0 Å². The van der Waals surface area contributed by atoms with Gasteiger partial charge in [0.25, 0.3) is 0 Å². The zero-order chi connectivity index (χ0) is 33.1. The molecule has 1 aliphatic carbocycles. The molecule has 2 unspecified atom stereocenters. The van der Waals surface area contributed by atoms with Gasteiger partial charge in [-0.15, -0.1) is 11.3 Å². The van der Waals surface area contributed by atoms with Crippen LogP contribution in [0.3, 0.4) is 0 Å². The van der Waals surface area contributed by atoms with Gasteiger partial charge in [0, 0.05) is 42.9 Å². The van der Waals surface area contributed by atoms with Crippen molar-refractivity contribution in [2.45, 2.75) is 148 Å². The first kappa shape index (κ1) is 37.6. The molecule has 46 heavy (non-hydrogen) atoms. The van der Waals surface area contributed by atoms with Gasteiger partial charge in [0.05, 0.1) is 15.9 Å².